The van der Waals surface area contributed by atoms with Gasteiger partial charge in [-0.25, -0.2) is 0 Å². The van der Waals surface area contributed by atoms with Gasteiger partial charge in [0.25, 0.3) is 5.91 Å². The zero-order valence-electron chi connectivity index (χ0n) is 16.5. The summed E-state index contributed by atoms with van der Waals surface area (Å²) in [7, 11) is 0. The quantitative estimate of drug-likeness (QED) is 0.618. The maximum atomic E-state index is 12.6. The highest BCUT2D eigenvalue weighted by molar-refractivity contribution is 7.16. The lowest BCUT2D eigenvalue weighted by Gasteiger charge is -2.18. The molecule has 0 N–H and O–H groups in total. The fourth-order valence-electron chi connectivity index (χ4n) is 3.28. The standard InChI is InChI=1S/C23H22N2O3S/c1-4-9-25-18-13-19-20(28-11-10-27-19)14-21(18)29-23(25)24-22(26)12-16-5-7-17(8-6-16)15(2)3/h1,5-8,13-15H,9-12H2,2-3H3. The van der Waals surface area contributed by atoms with Crippen molar-refractivity contribution in [3.63, 3.8) is 0 Å². The number of ether oxygens (including phenoxy) is 2. The van der Waals surface area contributed by atoms with Gasteiger partial charge in [-0.3, -0.25) is 4.79 Å². The molecule has 0 saturated carbocycles. The van der Waals surface area contributed by atoms with Gasteiger partial charge in [0.1, 0.15) is 13.2 Å². The molecule has 0 atom stereocenters. The Morgan fingerprint density at radius 2 is 1.90 bits per heavy atom. The number of nitrogens with zero attached hydrogens (tertiary/aromatic N) is 2. The van der Waals surface area contributed by atoms with Crippen LogP contribution in [0.25, 0.3) is 10.2 Å². The van der Waals surface area contributed by atoms with Crippen LogP contribution in [0, 0.1) is 12.3 Å². The monoisotopic (exact) mass is 406 g/mol. The van der Waals surface area contributed by atoms with Crippen molar-refractivity contribution in [1.29, 1.82) is 0 Å². The van der Waals surface area contributed by atoms with E-state index in [1.165, 1.54) is 16.9 Å². The van der Waals surface area contributed by atoms with Gasteiger partial charge in [-0.05, 0) is 17.0 Å². The molecule has 148 valence electrons. The largest absolute Gasteiger partial charge is 0.486 e. The molecule has 1 aliphatic rings. The van der Waals surface area contributed by atoms with Crippen LogP contribution in [0.4, 0.5) is 0 Å². The van der Waals surface area contributed by atoms with E-state index in [0.717, 1.165) is 15.8 Å². The zero-order valence-corrected chi connectivity index (χ0v) is 17.3. The Hall–Kier alpha value is -3.04. The third kappa shape index (κ3) is 4.06. The Morgan fingerprint density at radius 1 is 1.21 bits per heavy atom. The summed E-state index contributed by atoms with van der Waals surface area (Å²) < 4.78 is 14.2. The molecule has 5 nitrogen and oxygen atoms in total. The second-order valence-corrected chi connectivity index (χ2v) is 8.23. The minimum Gasteiger partial charge on any atom is -0.486 e. The minimum absolute atomic E-state index is 0.197. The summed E-state index contributed by atoms with van der Waals surface area (Å²) in [4.78, 5) is 17.6. The minimum atomic E-state index is -0.197. The Morgan fingerprint density at radius 3 is 2.55 bits per heavy atom. The summed E-state index contributed by atoms with van der Waals surface area (Å²) >= 11 is 1.43. The van der Waals surface area contributed by atoms with E-state index in [9.17, 15) is 4.79 Å². The first kappa shape index (κ1) is 19.3. The molecule has 0 bridgehead atoms. The van der Waals surface area contributed by atoms with Gasteiger partial charge in [0.2, 0.25) is 0 Å². The van der Waals surface area contributed by atoms with Crippen molar-refractivity contribution in [2.24, 2.45) is 4.99 Å². The first-order valence-electron chi connectivity index (χ1n) is 9.58. The number of terminal acetylenes is 1. The first-order valence-corrected chi connectivity index (χ1v) is 10.4. The Bertz CT molecular complexity index is 1160. The molecule has 6 heteroatoms. The fourth-order valence-corrected chi connectivity index (χ4v) is 4.33. The van der Waals surface area contributed by atoms with E-state index in [2.05, 4.69) is 36.9 Å². The number of carbonyl (C=O) groups is 1. The van der Waals surface area contributed by atoms with E-state index in [-0.39, 0.29) is 12.3 Å². The van der Waals surface area contributed by atoms with Crippen molar-refractivity contribution in [3.8, 4) is 23.8 Å². The lowest BCUT2D eigenvalue weighted by molar-refractivity contribution is -0.117. The summed E-state index contributed by atoms with van der Waals surface area (Å²) in [6, 6.07) is 11.9. The number of rotatable bonds is 4. The predicted molar refractivity (Wildman–Crippen MR) is 114 cm³/mol. The normalized spacial score (nSPS) is 13.7. The van der Waals surface area contributed by atoms with Crippen LogP contribution < -0.4 is 14.3 Å². The maximum absolute atomic E-state index is 12.6. The lowest BCUT2D eigenvalue weighted by atomic mass is 10.0. The molecule has 0 radical (unpaired) electrons. The predicted octanol–water partition coefficient (Wildman–Crippen LogP) is 3.90. The molecule has 29 heavy (non-hydrogen) atoms. The first-order chi connectivity index (χ1) is 14.0. The van der Waals surface area contributed by atoms with E-state index in [4.69, 9.17) is 15.9 Å². The van der Waals surface area contributed by atoms with Crippen molar-refractivity contribution in [3.05, 3.63) is 52.3 Å². The van der Waals surface area contributed by atoms with Crippen LogP contribution >= 0.6 is 11.3 Å². The summed E-state index contributed by atoms with van der Waals surface area (Å²) in [6.45, 7) is 5.67. The molecule has 0 aliphatic carbocycles. The molecule has 1 aliphatic heterocycles. The van der Waals surface area contributed by atoms with Gasteiger partial charge in [-0.1, -0.05) is 55.4 Å². The molecular formula is C23H22N2O3S. The number of fused-ring (bicyclic) bond motifs is 2. The lowest BCUT2D eigenvalue weighted by Crippen LogP contribution is -2.18. The van der Waals surface area contributed by atoms with Crippen LogP contribution in [0.15, 0.2) is 41.4 Å². The van der Waals surface area contributed by atoms with Crippen molar-refractivity contribution in [2.75, 3.05) is 13.2 Å². The summed E-state index contributed by atoms with van der Waals surface area (Å²) in [5.74, 6) is 4.31. The second-order valence-electron chi connectivity index (χ2n) is 7.22. The number of carbonyl (C=O) groups excluding carboxylic acids is 1. The maximum Gasteiger partial charge on any atom is 0.252 e. The van der Waals surface area contributed by atoms with Crippen molar-refractivity contribution in [1.82, 2.24) is 4.57 Å². The molecule has 2 heterocycles. The average molecular weight is 407 g/mol. The van der Waals surface area contributed by atoms with Gasteiger partial charge in [-0.15, -0.1) is 6.42 Å². The van der Waals surface area contributed by atoms with E-state index < -0.39 is 0 Å². The third-order valence-corrected chi connectivity index (χ3v) is 5.86. The summed E-state index contributed by atoms with van der Waals surface area (Å²) in [5, 5.41) is 0. The van der Waals surface area contributed by atoms with Crippen LogP contribution in [-0.2, 0) is 17.8 Å². The average Bonchev–Trinajstić information content (AvgIpc) is 3.03. The molecule has 0 unspecified atom stereocenters. The molecule has 1 aromatic heterocycles. The fraction of sp³-hybridized carbons (Fsp3) is 0.304. The molecular weight excluding hydrogens is 384 g/mol. The molecule has 3 aromatic rings. The van der Waals surface area contributed by atoms with E-state index in [0.29, 0.717) is 42.0 Å². The molecule has 0 saturated heterocycles. The highest BCUT2D eigenvalue weighted by Gasteiger charge is 2.16. The highest BCUT2D eigenvalue weighted by Crippen LogP contribution is 2.35. The van der Waals surface area contributed by atoms with Gasteiger partial charge in [0.05, 0.1) is 23.2 Å². The van der Waals surface area contributed by atoms with Crippen LogP contribution in [0.5, 0.6) is 11.5 Å². The number of hydrogen-bond acceptors (Lipinski definition) is 4. The molecule has 4 rings (SSSR count). The number of thiazole rings is 1. The Balaban J connectivity index is 1.68. The number of benzene rings is 2. The highest BCUT2D eigenvalue weighted by atomic mass is 32.1. The molecule has 1 amide bonds. The second kappa shape index (κ2) is 8.14. The van der Waals surface area contributed by atoms with Gasteiger partial charge in [0, 0.05) is 12.1 Å². The topological polar surface area (TPSA) is 52.8 Å². The van der Waals surface area contributed by atoms with Gasteiger partial charge in [0.15, 0.2) is 16.3 Å². The van der Waals surface area contributed by atoms with Gasteiger partial charge in [-0.2, -0.15) is 4.99 Å². The van der Waals surface area contributed by atoms with Gasteiger partial charge < -0.3 is 14.0 Å². The van der Waals surface area contributed by atoms with E-state index >= 15 is 0 Å². The number of amides is 1. The molecule has 0 spiro atoms. The van der Waals surface area contributed by atoms with Crippen LogP contribution in [-0.4, -0.2) is 23.7 Å². The van der Waals surface area contributed by atoms with Crippen molar-refractivity contribution in [2.45, 2.75) is 32.7 Å². The Labute approximate surface area is 173 Å². The van der Waals surface area contributed by atoms with Crippen LogP contribution in [0.3, 0.4) is 0 Å². The number of hydrogen-bond donors (Lipinski definition) is 0. The smallest absolute Gasteiger partial charge is 0.252 e. The summed E-state index contributed by atoms with van der Waals surface area (Å²) in [6.07, 6.45) is 5.82. The van der Waals surface area contributed by atoms with Crippen molar-refractivity contribution < 1.29 is 14.3 Å². The third-order valence-electron chi connectivity index (χ3n) is 4.82. The Kier molecular flexibility index (Phi) is 5.41. The van der Waals surface area contributed by atoms with Crippen molar-refractivity contribution >= 4 is 27.5 Å². The van der Waals surface area contributed by atoms with E-state index in [1.54, 1.807) is 0 Å². The van der Waals surface area contributed by atoms with E-state index in [1.807, 2.05) is 28.8 Å². The van der Waals surface area contributed by atoms with Gasteiger partial charge >= 0.3 is 0 Å². The molecule has 0 fully saturated rings. The zero-order chi connectivity index (χ0) is 20.4. The van der Waals surface area contributed by atoms with Crippen LogP contribution in [0.2, 0.25) is 0 Å². The number of aromatic nitrogens is 1. The van der Waals surface area contributed by atoms with Crippen LogP contribution in [0.1, 0.15) is 30.9 Å². The molecule has 2 aromatic carbocycles. The summed E-state index contributed by atoms with van der Waals surface area (Å²) in [5.41, 5.74) is 3.10. The SMILES string of the molecule is C#CCn1c(=NC(=O)Cc2ccc(C(C)C)cc2)sc2cc3c(cc21)OCCO3.